The largest absolute Gasteiger partial charge is 0.294 e. The molecule has 0 spiro atoms. The fraction of sp³-hybridized carbons (Fsp3) is 0.292. The van der Waals surface area contributed by atoms with Crippen LogP contribution in [0.4, 0.5) is 5.69 Å². The van der Waals surface area contributed by atoms with Gasteiger partial charge in [0.1, 0.15) is 6.07 Å². The maximum Gasteiger partial charge on any atom is 0.232 e. The lowest BCUT2D eigenvalue weighted by Gasteiger charge is -2.43. The van der Waals surface area contributed by atoms with Gasteiger partial charge in [-0.3, -0.25) is 14.5 Å². The molecule has 0 aromatic heterocycles. The molecule has 0 radical (unpaired) electrons. The third-order valence-electron chi connectivity index (χ3n) is 5.66. The van der Waals surface area contributed by atoms with Crippen molar-refractivity contribution in [3.05, 3.63) is 76.0 Å². The van der Waals surface area contributed by atoms with Crippen molar-refractivity contribution in [1.29, 1.82) is 5.26 Å². The minimum atomic E-state index is -0.315. The maximum atomic E-state index is 13.3. The number of hydrogen-bond donors (Lipinski definition) is 0. The van der Waals surface area contributed by atoms with E-state index in [1.165, 1.54) is 0 Å². The molecule has 1 atom stereocenters. The number of nitriles is 1. The number of ketones is 1. The van der Waals surface area contributed by atoms with Crippen LogP contribution in [0.25, 0.3) is 0 Å². The smallest absolute Gasteiger partial charge is 0.232 e. The zero-order valence-corrected chi connectivity index (χ0v) is 17.2. The van der Waals surface area contributed by atoms with E-state index in [4.69, 9.17) is 11.6 Å². The molecule has 2 aromatic carbocycles. The molecule has 1 unspecified atom stereocenters. The fourth-order valence-electron chi connectivity index (χ4n) is 4.47. The molecule has 2 aromatic rings. The Kier molecular flexibility index (Phi) is 4.80. The number of benzene rings is 2. The van der Waals surface area contributed by atoms with Crippen molar-refractivity contribution in [2.75, 3.05) is 4.90 Å². The molecular weight excluding hydrogens is 384 g/mol. The van der Waals surface area contributed by atoms with Crippen LogP contribution in [-0.4, -0.2) is 11.7 Å². The molecule has 5 heteroatoms. The molecule has 0 N–H and O–H groups in total. The van der Waals surface area contributed by atoms with E-state index in [0.717, 1.165) is 11.3 Å². The quantitative estimate of drug-likeness (QED) is 0.675. The molecular formula is C24H21ClN2O2. The van der Waals surface area contributed by atoms with E-state index in [2.05, 4.69) is 6.07 Å². The lowest BCUT2D eigenvalue weighted by molar-refractivity contribution is -0.121. The zero-order chi connectivity index (χ0) is 20.8. The lowest BCUT2D eigenvalue weighted by Crippen LogP contribution is -2.44. The number of allylic oxidation sites excluding steroid dienone is 2. The number of Topliss-reactive ketones (excluding diaryl/α,β-unsaturated/α-hetero) is 1. The van der Waals surface area contributed by atoms with Gasteiger partial charge in [0.15, 0.2) is 5.78 Å². The maximum absolute atomic E-state index is 13.3. The van der Waals surface area contributed by atoms with Crippen molar-refractivity contribution in [2.45, 2.75) is 39.0 Å². The molecule has 1 heterocycles. The van der Waals surface area contributed by atoms with E-state index in [1.54, 1.807) is 29.2 Å². The highest BCUT2D eigenvalue weighted by molar-refractivity contribution is 6.30. The number of halogens is 1. The van der Waals surface area contributed by atoms with Crippen molar-refractivity contribution < 1.29 is 9.59 Å². The molecule has 0 fully saturated rings. The van der Waals surface area contributed by atoms with Gasteiger partial charge in [-0.05, 0) is 41.7 Å². The number of rotatable bonds is 2. The molecule has 1 aliphatic heterocycles. The molecule has 0 bridgehead atoms. The highest BCUT2D eigenvalue weighted by Crippen LogP contribution is 2.48. The first-order chi connectivity index (χ1) is 13.8. The summed E-state index contributed by atoms with van der Waals surface area (Å²) < 4.78 is 0. The van der Waals surface area contributed by atoms with Crippen LogP contribution < -0.4 is 4.90 Å². The van der Waals surface area contributed by atoms with Gasteiger partial charge in [0, 0.05) is 35.1 Å². The summed E-state index contributed by atoms with van der Waals surface area (Å²) in [7, 11) is 0. The van der Waals surface area contributed by atoms with Crippen molar-refractivity contribution in [3.63, 3.8) is 0 Å². The third-order valence-corrected chi connectivity index (χ3v) is 5.89. The molecule has 1 amide bonds. The minimum Gasteiger partial charge on any atom is -0.294 e. The summed E-state index contributed by atoms with van der Waals surface area (Å²) in [6.07, 6.45) is 1.20. The first kappa shape index (κ1) is 19.4. The van der Waals surface area contributed by atoms with E-state index >= 15 is 0 Å². The SMILES string of the molecule is CC1(C)CC(=O)C2=C(C1)N(c1ccccc1C#N)C(=O)CC2c1cccc(Cl)c1. The number of nitrogens with zero attached hydrogens (tertiary/aromatic N) is 2. The van der Waals surface area contributed by atoms with Crippen molar-refractivity contribution in [2.24, 2.45) is 5.41 Å². The lowest BCUT2D eigenvalue weighted by atomic mass is 9.69. The van der Waals surface area contributed by atoms with Gasteiger partial charge in [0.2, 0.25) is 5.91 Å². The summed E-state index contributed by atoms with van der Waals surface area (Å²) >= 11 is 6.19. The Morgan fingerprint density at radius 3 is 2.59 bits per heavy atom. The van der Waals surface area contributed by atoms with Gasteiger partial charge in [-0.1, -0.05) is 49.7 Å². The summed E-state index contributed by atoms with van der Waals surface area (Å²) in [5, 5.41) is 10.1. The van der Waals surface area contributed by atoms with Gasteiger partial charge in [-0.25, -0.2) is 0 Å². The summed E-state index contributed by atoms with van der Waals surface area (Å²) in [6, 6.07) is 16.6. The zero-order valence-electron chi connectivity index (χ0n) is 16.4. The second kappa shape index (κ2) is 7.17. The summed E-state index contributed by atoms with van der Waals surface area (Å²) in [5.41, 5.74) is 2.98. The number of carbonyl (C=O) groups is 2. The highest BCUT2D eigenvalue weighted by atomic mass is 35.5. The molecule has 146 valence electrons. The summed E-state index contributed by atoms with van der Waals surface area (Å²) in [6.45, 7) is 4.08. The molecule has 0 saturated heterocycles. The van der Waals surface area contributed by atoms with Crippen molar-refractivity contribution in [3.8, 4) is 6.07 Å². The van der Waals surface area contributed by atoms with E-state index in [-0.39, 0.29) is 29.4 Å². The van der Waals surface area contributed by atoms with Crippen LogP contribution in [0.3, 0.4) is 0 Å². The highest BCUT2D eigenvalue weighted by Gasteiger charge is 2.44. The number of amides is 1. The van der Waals surface area contributed by atoms with Gasteiger partial charge < -0.3 is 0 Å². The number of hydrogen-bond acceptors (Lipinski definition) is 3. The first-order valence-corrected chi connectivity index (χ1v) is 10.0. The third kappa shape index (κ3) is 3.47. The number of para-hydroxylation sites is 1. The van der Waals surface area contributed by atoms with Crippen LogP contribution in [0.2, 0.25) is 5.02 Å². The van der Waals surface area contributed by atoms with Crippen LogP contribution in [0.15, 0.2) is 59.8 Å². The van der Waals surface area contributed by atoms with Gasteiger partial charge in [-0.2, -0.15) is 5.26 Å². The second-order valence-corrected chi connectivity index (χ2v) is 8.91. The molecule has 29 heavy (non-hydrogen) atoms. The number of carbonyl (C=O) groups excluding carboxylic acids is 2. The van der Waals surface area contributed by atoms with Crippen molar-refractivity contribution in [1.82, 2.24) is 0 Å². The molecule has 4 rings (SSSR count). The monoisotopic (exact) mass is 404 g/mol. The van der Waals surface area contributed by atoms with Crippen LogP contribution in [0.1, 0.15) is 50.2 Å². The predicted molar refractivity (Wildman–Crippen MR) is 113 cm³/mol. The minimum absolute atomic E-state index is 0.0631. The van der Waals surface area contributed by atoms with E-state index in [9.17, 15) is 14.9 Å². The van der Waals surface area contributed by atoms with E-state index in [0.29, 0.717) is 34.7 Å². The number of anilines is 1. The average Bonchev–Trinajstić information content (AvgIpc) is 2.66. The molecule has 1 aliphatic carbocycles. The van der Waals surface area contributed by atoms with Crippen LogP contribution in [0, 0.1) is 16.7 Å². The summed E-state index contributed by atoms with van der Waals surface area (Å²) in [4.78, 5) is 28.2. The fourth-order valence-corrected chi connectivity index (χ4v) is 4.66. The van der Waals surface area contributed by atoms with Crippen LogP contribution in [-0.2, 0) is 9.59 Å². The Hall–Kier alpha value is -2.90. The Morgan fingerprint density at radius 2 is 1.86 bits per heavy atom. The summed E-state index contributed by atoms with van der Waals surface area (Å²) in [5.74, 6) is -0.361. The van der Waals surface area contributed by atoms with Gasteiger partial charge >= 0.3 is 0 Å². The van der Waals surface area contributed by atoms with Crippen molar-refractivity contribution >= 4 is 29.0 Å². The molecule has 2 aliphatic rings. The Morgan fingerprint density at radius 1 is 1.10 bits per heavy atom. The van der Waals surface area contributed by atoms with Crippen LogP contribution in [0.5, 0.6) is 0 Å². The van der Waals surface area contributed by atoms with Gasteiger partial charge in [0.05, 0.1) is 11.3 Å². The Bertz CT molecular complexity index is 1090. The Labute approximate surface area is 175 Å². The topological polar surface area (TPSA) is 61.2 Å². The Balaban J connectivity index is 1.94. The van der Waals surface area contributed by atoms with E-state index in [1.807, 2.05) is 38.1 Å². The normalized spacial score (nSPS) is 21.0. The predicted octanol–water partition coefficient (Wildman–Crippen LogP) is 5.38. The van der Waals surface area contributed by atoms with Gasteiger partial charge in [-0.15, -0.1) is 0 Å². The molecule has 4 nitrogen and oxygen atoms in total. The molecule has 0 saturated carbocycles. The first-order valence-electron chi connectivity index (χ1n) is 9.64. The van der Waals surface area contributed by atoms with E-state index < -0.39 is 0 Å². The standard InChI is InChI=1S/C24H21ClN2O2/c1-24(2)12-20-23(21(28)13-24)18(15-7-5-8-17(25)10-15)11-22(29)27(20)19-9-4-3-6-16(19)14-26/h3-10,18H,11-13H2,1-2H3. The second-order valence-electron chi connectivity index (χ2n) is 8.47. The average molecular weight is 405 g/mol. The van der Waals surface area contributed by atoms with Crippen LogP contribution >= 0.6 is 11.6 Å². The van der Waals surface area contributed by atoms with Gasteiger partial charge in [0.25, 0.3) is 0 Å².